The van der Waals surface area contributed by atoms with Gasteiger partial charge in [0.1, 0.15) is 0 Å². The van der Waals surface area contributed by atoms with Crippen LogP contribution in [0.15, 0.2) is 0 Å². The molecule has 0 aromatic rings. The number of nitrogens with two attached hydrogens (primary N) is 1. The Labute approximate surface area is 70.5 Å². The molecular weight excluding hydrogens is 136 g/mol. The molecule has 0 aliphatic carbocycles. The molecule has 3 N–H and O–H groups in total. The highest BCUT2D eigenvalue weighted by atomic mass is 14.9. The molecule has 2 nitrogen and oxygen atoms in total. The molecular formula is C9H22N2. The van der Waals surface area contributed by atoms with Crippen molar-refractivity contribution in [1.82, 2.24) is 5.32 Å². The number of hydrogen-bond acceptors (Lipinski definition) is 2. The summed E-state index contributed by atoms with van der Waals surface area (Å²) in [6.07, 6.45) is 1.21. The van der Waals surface area contributed by atoms with E-state index in [-0.39, 0.29) is 6.04 Å². The summed E-state index contributed by atoms with van der Waals surface area (Å²) in [5.74, 6) is 0. The summed E-state index contributed by atoms with van der Waals surface area (Å²) >= 11 is 0. The van der Waals surface area contributed by atoms with E-state index in [1.807, 2.05) is 6.92 Å². The summed E-state index contributed by atoms with van der Waals surface area (Å²) in [6, 6.07) is 0.266. The van der Waals surface area contributed by atoms with Gasteiger partial charge in [0.15, 0.2) is 0 Å². The van der Waals surface area contributed by atoms with Crippen LogP contribution in [0.1, 0.15) is 34.1 Å². The molecule has 0 saturated heterocycles. The molecule has 0 bridgehead atoms. The van der Waals surface area contributed by atoms with Crippen LogP contribution in [-0.2, 0) is 0 Å². The fourth-order valence-electron chi connectivity index (χ4n) is 0.763. The summed E-state index contributed by atoms with van der Waals surface area (Å²) < 4.78 is 0. The van der Waals surface area contributed by atoms with Crippen LogP contribution in [0.3, 0.4) is 0 Å². The summed E-state index contributed by atoms with van der Waals surface area (Å²) in [5, 5.41) is 3.35. The average molecular weight is 158 g/mol. The molecule has 0 heterocycles. The largest absolute Gasteiger partial charge is 0.327 e. The Balaban J connectivity index is 3.38. The molecule has 0 aromatic heterocycles. The Morgan fingerprint density at radius 3 is 2.36 bits per heavy atom. The maximum Gasteiger partial charge on any atom is 0.0136 e. The lowest BCUT2D eigenvalue weighted by Crippen LogP contribution is -2.36. The minimum absolute atomic E-state index is 0.266. The molecule has 0 saturated carbocycles. The van der Waals surface area contributed by atoms with E-state index in [0.717, 1.165) is 13.1 Å². The highest BCUT2D eigenvalue weighted by Crippen LogP contribution is 2.17. The van der Waals surface area contributed by atoms with Crippen molar-refractivity contribution < 1.29 is 0 Å². The number of rotatable bonds is 5. The van der Waals surface area contributed by atoms with E-state index < -0.39 is 0 Å². The van der Waals surface area contributed by atoms with Crippen molar-refractivity contribution in [3.63, 3.8) is 0 Å². The van der Waals surface area contributed by atoms with Crippen molar-refractivity contribution in [2.24, 2.45) is 11.1 Å². The zero-order valence-electron chi connectivity index (χ0n) is 8.28. The van der Waals surface area contributed by atoms with Gasteiger partial charge in [-0.15, -0.1) is 0 Å². The first-order valence-corrected chi connectivity index (χ1v) is 4.44. The van der Waals surface area contributed by atoms with Gasteiger partial charge in [0.05, 0.1) is 0 Å². The fourth-order valence-corrected chi connectivity index (χ4v) is 0.763. The van der Waals surface area contributed by atoms with E-state index in [2.05, 4.69) is 26.1 Å². The molecule has 0 aliphatic rings. The molecule has 0 rings (SSSR count). The first-order chi connectivity index (χ1) is 4.98. The zero-order chi connectivity index (χ0) is 8.91. The first kappa shape index (κ1) is 10.9. The SMILES string of the molecule is CCC(C)(C)CNCC(C)N. The lowest BCUT2D eigenvalue weighted by molar-refractivity contribution is 0.326. The third-order valence-corrected chi connectivity index (χ3v) is 2.03. The van der Waals surface area contributed by atoms with E-state index in [0.29, 0.717) is 5.41 Å². The first-order valence-electron chi connectivity index (χ1n) is 4.44. The van der Waals surface area contributed by atoms with E-state index in [1.54, 1.807) is 0 Å². The molecule has 0 aromatic carbocycles. The standard InChI is InChI=1S/C9H22N2/c1-5-9(3,4)7-11-6-8(2)10/h8,11H,5-7,10H2,1-4H3. The van der Waals surface area contributed by atoms with Crippen molar-refractivity contribution in [2.45, 2.75) is 40.2 Å². The highest BCUT2D eigenvalue weighted by Gasteiger charge is 2.13. The van der Waals surface area contributed by atoms with E-state index in [1.165, 1.54) is 6.42 Å². The molecule has 68 valence electrons. The van der Waals surface area contributed by atoms with Gasteiger partial charge in [-0.1, -0.05) is 20.8 Å². The predicted octanol–water partition coefficient (Wildman–Crippen LogP) is 1.36. The fraction of sp³-hybridized carbons (Fsp3) is 1.00. The van der Waals surface area contributed by atoms with Crippen molar-refractivity contribution in [2.75, 3.05) is 13.1 Å². The van der Waals surface area contributed by atoms with Gasteiger partial charge in [-0.05, 0) is 18.8 Å². The van der Waals surface area contributed by atoms with E-state index in [9.17, 15) is 0 Å². The van der Waals surface area contributed by atoms with Gasteiger partial charge < -0.3 is 11.1 Å². The summed E-state index contributed by atoms with van der Waals surface area (Å²) in [5.41, 5.74) is 6.01. The molecule has 0 spiro atoms. The predicted molar refractivity (Wildman–Crippen MR) is 50.6 cm³/mol. The summed E-state index contributed by atoms with van der Waals surface area (Å²) in [7, 11) is 0. The topological polar surface area (TPSA) is 38.0 Å². The van der Waals surface area contributed by atoms with Crippen molar-refractivity contribution >= 4 is 0 Å². The van der Waals surface area contributed by atoms with Gasteiger partial charge in [0.2, 0.25) is 0 Å². The minimum atomic E-state index is 0.266. The monoisotopic (exact) mass is 158 g/mol. The Morgan fingerprint density at radius 1 is 1.45 bits per heavy atom. The van der Waals surface area contributed by atoms with Gasteiger partial charge in [-0.25, -0.2) is 0 Å². The van der Waals surface area contributed by atoms with Crippen LogP contribution in [0.2, 0.25) is 0 Å². The second-order valence-electron chi connectivity index (χ2n) is 4.13. The van der Waals surface area contributed by atoms with Crippen LogP contribution in [-0.4, -0.2) is 19.1 Å². The summed E-state index contributed by atoms with van der Waals surface area (Å²) in [4.78, 5) is 0. The Kier molecular flexibility index (Phi) is 4.69. The maximum atomic E-state index is 5.60. The van der Waals surface area contributed by atoms with Gasteiger partial charge in [-0.2, -0.15) is 0 Å². The quantitative estimate of drug-likeness (QED) is 0.634. The van der Waals surface area contributed by atoms with Gasteiger partial charge >= 0.3 is 0 Å². The average Bonchev–Trinajstić information content (AvgIpc) is 1.87. The third kappa shape index (κ3) is 6.32. The summed E-state index contributed by atoms with van der Waals surface area (Å²) in [6.45, 7) is 10.7. The van der Waals surface area contributed by atoms with Crippen LogP contribution >= 0.6 is 0 Å². The molecule has 1 unspecified atom stereocenters. The lowest BCUT2D eigenvalue weighted by Gasteiger charge is -2.23. The number of nitrogens with one attached hydrogen (secondary N) is 1. The minimum Gasteiger partial charge on any atom is -0.327 e. The Bertz CT molecular complexity index is 97.7. The van der Waals surface area contributed by atoms with E-state index >= 15 is 0 Å². The van der Waals surface area contributed by atoms with E-state index in [4.69, 9.17) is 5.73 Å². The van der Waals surface area contributed by atoms with Gasteiger partial charge in [-0.3, -0.25) is 0 Å². The highest BCUT2D eigenvalue weighted by molar-refractivity contribution is 4.70. The van der Waals surface area contributed by atoms with Crippen LogP contribution < -0.4 is 11.1 Å². The molecule has 0 fully saturated rings. The van der Waals surface area contributed by atoms with Crippen molar-refractivity contribution in [3.05, 3.63) is 0 Å². The molecule has 0 radical (unpaired) electrons. The lowest BCUT2D eigenvalue weighted by atomic mass is 9.90. The Hall–Kier alpha value is -0.0800. The van der Waals surface area contributed by atoms with Crippen LogP contribution in [0.4, 0.5) is 0 Å². The van der Waals surface area contributed by atoms with Gasteiger partial charge in [0, 0.05) is 19.1 Å². The van der Waals surface area contributed by atoms with Crippen LogP contribution in [0.25, 0.3) is 0 Å². The second-order valence-corrected chi connectivity index (χ2v) is 4.13. The zero-order valence-corrected chi connectivity index (χ0v) is 8.28. The molecule has 1 atom stereocenters. The van der Waals surface area contributed by atoms with Crippen LogP contribution in [0, 0.1) is 5.41 Å². The maximum absolute atomic E-state index is 5.60. The van der Waals surface area contributed by atoms with Gasteiger partial charge in [0.25, 0.3) is 0 Å². The normalized spacial score (nSPS) is 15.0. The van der Waals surface area contributed by atoms with Crippen LogP contribution in [0.5, 0.6) is 0 Å². The Morgan fingerprint density at radius 2 is 2.00 bits per heavy atom. The molecule has 2 heteroatoms. The molecule has 0 amide bonds. The second kappa shape index (κ2) is 4.73. The van der Waals surface area contributed by atoms with Crippen molar-refractivity contribution in [3.8, 4) is 0 Å². The third-order valence-electron chi connectivity index (χ3n) is 2.03. The smallest absolute Gasteiger partial charge is 0.0136 e. The molecule has 0 aliphatic heterocycles. The molecule has 11 heavy (non-hydrogen) atoms. The number of hydrogen-bond donors (Lipinski definition) is 2. The van der Waals surface area contributed by atoms with Crippen molar-refractivity contribution in [1.29, 1.82) is 0 Å².